The van der Waals surface area contributed by atoms with Gasteiger partial charge in [-0.3, -0.25) is 0 Å². The molecule has 4 nitrogen and oxygen atoms in total. The maximum absolute atomic E-state index is 5.40. The van der Waals surface area contributed by atoms with Gasteiger partial charge >= 0.3 is 0 Å². The molecular formula is C57H36N4S. The van der Waals surface area contributed by atoms with Gasteiger partial charge in [0.15, 0.2) is 5.82 Å². The van der Waals surface area contributed by atoms with E-state index in [-0.39, 0.29) is 0 Å². The molecule has 0 saturated heterocycles. The summed E-state index contributed by atoms with van der Waals surface area (Å²) >= 11 is 1.85. The molecule has 0 saturated carbocycles. The topological polar surface area (TPSA) is 43.1 Å². The standard InChI is InChI=1S/C57H36N4S/c1-4-15-38(16-5-1)48-36-49(39-29-27-37(28-30-39)45-24-14-26-52-54(45)47-23-12-13-25-51(47)62-52)59-57(58-48)43-33-31-40(32-34-43)50-35-44-21-10-11-22-46(44)56-53(41-17-6-2-7-18-41)55(60-61(50)56)42-19-8-3-9-20-42/h1-36H. The summed E-state index contributed by atoms with van der Waals surface area (Å²) in [4.78, 5) is 10.4. The second-order valence-electron chi connectivity index (χ2n) is 15.6. The zero-order chi connectivity index (χ0) is 41.0. The lowest BCUT2D eigenvalue weighted by atomic mass is 9.97. The zero-order valence-electron chi connectivity index (χ0n) is 33.5. The molecular weight excluding hydrogens is 773 g/mol. The summed E-state index contributed by atoms with van der Waals surface area (Å²) < 4.78 is 4.75. The molecule has 12 aromatic rings. The Hall–Kier alpha value is -7.99. The summed E-state index contributed by atoms with van der Waals surface area (Å²) in [6, 6.07) is 77.2. The Bertz CT molecular complexity index is 3590. The van der Waals surface area contributed by atoms with Crippen molar-refractivity contribution < 1.29 is 0 Å². The SMILES string of the molecule is c1ccc(-c2cc(-c3ccc(-c4cccc5sc6ccccc6c45)cc3)nc(-c3ccc(-c4cc5ccccc5c5c(-c6ccccc6)c(-c6ccccc6)nn45)cc3)n2)cc1. The summed E-state index contributed by atoms with van der Waals surface area (Å²) in [6.07, 6.45) is 0. The fourth-order valence-electron chi connectivity index (χ4n) is 8.88. The molecule has 12 rings (SSSR count). The number of thiophene rings is 1. The van der Waals surface area contributed by atoms with E-state index in [1.54, 1.807) is 0 Å². The minimum absolute atomic E-state index is 0.673. The Labute approximate surface area is 362 Å². The molecule has 8 aromatic carbocycles. The first kappa shape index (κ1) is 35.9. The molecule has 4 aromatic heterocycles. The number of fused-ring (bicyclic) bond motifs is 6. The summed E-state index contributed by atoms with van der Waals surface area (Å²) in [5.41, 5.74) is 14.6. The molecule has 0 atom stereocenters. The molecule has 0 spiro atoms. The first-order valence-corrected chi connectivity index (χ1v) is 21.7. The maximum Gasteiger partial charge on any atom is 0.160 e. The minimum atomic E-state index is 0.673. The van der Waals surface area contributed by atoms with Crippen molar-refractivity contribution in [2.45, 2.75) is 0 Å². The molecule has 0 aliphatic rings. The molecule has 0 amide bonds. The van der Waals surface area contributed by atoms with Gasteiger partial charge in [-0.15, -0.1) is 11.3 Å². The number of benzene rings is 8. The van der Waals surface area contributed by atoms with E-state index in [0.717, 1.165) is 78.0 Å². The first-order valence-electron chi connectivity index (χ1n) is 20.9. The lowest BCUT2D eigenvalue weighted by Gasteiger charge is -2.12. The Morgan fingerprint density at radius 1 is 0.387 bits per heavy atom. The molecule has 62 heavy (non-hydrogen) atoms. The van der Waals surface area contributed by atoms with Crippen molar-refractivity contribution in [1.82, 2.24) is 19.6 Å². The summed E-state index contributed by atoms with van der Waals surface area (Å²) in [5.74, 6) is 0.673. The van der Waals surface area contributed by atoms with Gasteiger partial charge < -0.3 is 0 Å². The van der Waals surface area contributed by atoms with Gasteiger partial charge in [0.25, 0.3) is 0 Å². The number of rotatable bonds is 7. The van der Waals surface area contributed by atoms with E-state index in [4.69, 9.17) is 15.1 Å². The number of hydrogen-bond donors (Lipinski definition) is 0. The van der Waals surface area contributed by atoms with Gasteiger partial charge in [0, 0.05) is 58.9 Å². The van der Waals surface area contributed by atoms with Crippen LogP contribution >= 0.6 is 11.3 Å². The molecule has 0 bridgehead atoms. The highest BCUT2D eigenvalue weighted by Gasteiger charge is 2.22. The predicted molar refractivity (Wildman–Crippen MR) is 259 cm³/mol. The van der Waals surface area contributed by atoms with Crippen LogP contribution in [0.3, 0.4) is 0 Å². The second-order valence-corrected chi connectivity index (χ2v) is 16.7. The van der Waals surface area contributed by atoms with E-state index in [1.165, 1.54) is 31.3 Å². The molecule has 5 heteroatoms. The van der Waals surface area contributed by atoms with Crippen LogP contribution in [0.4, 0.5) is 0 Å². The van der Waals surface area contributed by atoms with Crippen molar-refractivity contribution in [3.8, 4) is 78.7 Å². The molecule has 0 unspecified atom stereocenters. The van der Waals surface area contributed by atoms with Crippen LogP contribution in [-0.4, -0.2) is 19.6 Å². The van der Waals surface area contributed by atoms with Gasteiger partial charge in [-0.2, -0.15) is 5.10 Å². The third-order valence-corrected chi connectivity index (χ3v) is 13.0. The van der Waals surface area contributed by atoms with Crippen molar-refractivity contribution in [3.63, 3.8) is 0 Å². The van der Waals surface area contributed by atoms with E-state index in [2.05, 4.69) is 217 Å². The molecule has 4 heterocycles. The predicted octanol–water partition coefficient (Wildman–Crippen LogP) is 15.3. The van der Waals surface area contributed by atoms with Crippen molar-refractivity contribution in [3.05, 3.63) is 218 Å². The third kappa shape index (κ3) is 6.18. The number of pyridine rings is 1. The quantitative estimate of drug-likeness (QED) is 0.161. The van der Waals surface area contributed by atoms with Crippen molar-refractivity contribution in [1.29, 1.82) is 0 Å². The normalized spacial score (nSPS) is 11.5. The highest BCUT2D eigenvalue weighted by molar-refractivity contribution is 7.25. The van der Waals surface area contributed by atoms with E-state index >= 15 is 0 Å². The monoisotopic (exact) mass is 808 g/mol. The average molecular weight is 809 g/mol. The Morgan fingerprint density at radius 3 is 1.66 bits per heavy atom. The second kappa shape index (κ2) is 14.9. The van der Waals surface area contributed by atoms with Crippen LogP contribution in [0.1, 0.15) is 0 Å². The van der Waals surface area contributed by atoms with Crippen molar-refractivity contribution in [2.24, 2.45) is 0 Å². The smallest absolute Gasteiger partial charge is 0.160 e. The Balaban J connectivity index is 0.971. The average Bonchev–Trinajstić information content (AvgIpc) is 3.95. The molecule has 0 aliphatic heterocycles. The van der Waals surface area contributed by atoms with E-state index in [0.29, 0.717) is 5.82 Å². The van der Waals surface area contributed by atoms with Gasteiger partial charge in [0.05, 0.1) is 22.6 Å². The van der Waals surface area contributed by atoms with Crippen LogP contribution < -0.4 is 0 Å². The van der Waals surface area contributed by atoms with E-state index in [9.17, 15) is 0 Å². The summed E-state index contributed by atoms with van der Waals surface area (Å²) in [5, 5.41) is 10.3. The van der Waals surface area contributed by atoms with Crippen LogP contribution in [0.2, 0.25) is 0 Å². The third-order valence-electron chi connectivity index (χ3n) is 11.9. The highest BCUT2D eigenvalue weighted by atomic mass is 32.1. The van der Waals surface area contributed by atoms with Gasteiger partial charge in [0.1, 0.15) is 5.69 Å². The zero-order valence-corrected chi connectivity index (χ0v) is 34.3. The van der Waals surface area contributed by atoms with Crippen molar-refractivity contribution >= 4 is 47.8 Å². The molecule has 0 aliphatic carbocycles. The van der Waals surface area contributed by atoms with Gasteiger partial charge in [-0.1, -0.05) is 194 Å². The Kier molecular flexibility index (Phi) is 8.65. The summed E-state index contributed by atoms with van der Waals surface area (Å²) in [7, 11) is 0. The summed E-state index contributed by atoms with van der Waals surface area (Å²) in [6.45, 7) is 0. The lowest BCUT2D eigenvalue weighted by Crippen LogP contribution is -1.97. The van der Waals surface area contributed by atoms with Gasteiger partial charge in [-0.25, -0.2) is 14.5 Å². The lowest BCUT2D eigenvalue weighted by molar-refractivity contribution is 0.979. The van der Waals surface area contributed by atoms with Crippen LogP contribution in [0.15, 0.2) is 218 Å². The Morgan fingerprint density at radius 2 is 0.935 bits per heavy atom. The van der Waals surface area contributed by atoms with Crippen LogP contribution in [0.5, 0.6) is 0 Å². The molecule has 290 valence electrons. The minimum Gasteiger partial charge on any atom is -0.231 e. The van der Waals surface area contributed by atoms with E-state index in [1.807, 2.05) is 17.4 Å². The van der Waals surface area contributed by atoms with Gasteiger partial charge in [-0.05, 0) is 46.3 Å². The van der Waals surface area contributed by atoms with Gasteiger partial charge in [0.2, 0.25) is 0 Å². The fourth-order valence-corrected chi connectivity index (χ4v) is 10.0. The molecule has 0 N–H and O–H groups in total. The van der Waals surface area contributed by atoms with E-state index < -0.39 is 0 Å². The van der Waals surface area contributed by atoms with Crippen LogP contribution in [0, 0.1) is 0 Å². The number of nitrogens with zero attached hydrogens (tertiary/aromatic N) is 4. The largest absolute Gasteiger partial charge is 0.231 e. The first-order chi connectivity index (χ1) is 30.7. The number of aromatic nitrogens is 4. The van der Waals surface area contributed by atoms with Crippen LogP contribution in [0.25, 0.3) is 115 Å². The maximum atomic E-state index is 5.40. The molecule has 0 fully saturated rings. The fraction of sp³-hybridized carbons (Fsp3) is 0. The van der Waals surface area contributed by atoms with Crippen molar-refractivity contribution in [2.75, 3.05) is 0 Å². The number of hydrogen-bond acceptors (Lipinski definition) is 4. The highest BCUT2D eigenvalue weighted by Crippen LogP contribution is 2.42. The van der Waals surface area contributed by atoms with Crippen LogP contribution in [-0.2, 0) is 0 Å². The molecule has 0 radical (unpaired) electrons.